The third-order valence-electron chi connectivity index (χ3n) is 3.15. The van der Waals surface area contributed by atoms with Crippen molar-refractivity contribution >= 4 is 26.0 Å². The van der Waals surface area contributed by atoms with Gasteiger partial charge in [0.15, 0.2) is 0 Å². The summed E-state index contributed by atoms with van der Waals surface area (Å²) in [5, 5.41) is 0. The Morgan fingerprint density at radius 2 is 1.92 bits per heavy atom. The molecule has 2 rings (SSSR count). The third kappa shape index (κ3) is 4.96. The second kappa shape index (κ2) is 8.00. The SMILES string of the molecule is COc1ccc(Br)cc1S(=O)(=O)NCc1cccc(OC(C)C)c1. The largest absolute Gasteiger partial charge is 0.495 e. The molecule has 7 heteroatoms. The molecule has 0 fully saturated rings. The first kappa shape index (κ1) is 18.8. The van der Waals surface area contributed by atoms with Gasteiger partial charge in [0.2, 0.25) is 10.0 Å². The maximum atomic E-state index is 12.6. The molecule has 1 N–H and O–H groups in total. The molecule has 0 spiro atoms. The van der Waals surface area contributed by atoms with Crippen molar-refractivity contribution in [1.82, 2.24) is 4.72 Å². The van der Waals surface area contributed by atoms with Crippen LogP contribution in [0.15, 0.2) is 51.8 Å². The highest BCUT2D eigenvalue weighted by molar-refractivity contribution is 9.10. The Balaban J connectivity index is 2.18. The Kier molecular flexibility index (Phi) is 6.26. The van der Waals surface area contributed by atoms with Crippen molar-refractivity contribution in [2.75, 3.05) is 7.11 Å². The third-order valence-corrected chi connectivity index (χ3v) is 5.07. The molecule has 0 bridgehead atoms. The van der Waals surface area contributed by atoms with E-state index in [0.717, 1.165) is 5.56 Å². The minimum absolute atomic E-state index is 0.0582. The lowest BCUT2D eigenvalue weighted by Gasteiger charge is -2.13. The quantitative estimate of drug-likeness (QED) is 0.750. The highest BCUT2D eigenvalue weighted by atomic mass is 79.9. The lowest BCUT2D eigenvalue weighted by atomic mass is 10.2. The number of hydrogen-bond acceptors (Lipinski definition) is 4. The van der Waals surface area contributed by atoms with Crippen LogP contribution >= 0.6 is 15.9 Å². The summed E-state index contributed by atoms with van der Waals surface area (Å²) < 4.78 is 39.1. The van der Waals surface area contributed by atoms with Crippen molar-refractivity contribution in [1.29, 1.82) is 0 Å². The van der Waals surface area contributed by atoms with Gasteiger partial charge in [-0.2, -0.15) is 0 Å². The van der Waals surface area contributed by atoms with Gasteiger partial charge >= 0.3 is 0 Å². The molecule has 0 atom stereocenters. The Bertz CT molecular complexity index is 806. The summed E-state index contributed by atoms with van der Waals surface area (Å²) in [4.78, 5) is 0.0916. The first-order valence-electron chi connectivity index (χ1n) is 7.40. The molecule has 0 amide bonds. The zero-order chi connectivity index (χ0) is 17.7. The molecular weight excluding hydrogens is 394 g/mol. The second-order valence-electron chi connectivity index (χ2n) is 5.43. The summed E-state index contributed by atoms with van der Waals surface area (Å²) in [6.45, 7) is 4.04. The summed E-state index contributed by atoms with van der Waals surface area (Å²) >= 11 is 3.28. The number of benzene rings is 2. The average molecular weight is 414 g/mol. The molecule has 130 valence electrons. The first-order valence-corrected chi connectivity index (χ1v) is 9.68. The molecule has 0 aliphatic heterocycles. The van der Waals surface area contributed by atoms with Gasteiger partial charge in [-0.15, -0.1) is 0 Å². The van der Waals surface area contributed by atoms with E-state index < -0.39 is 10.0 Å². The minimum atomic E-state index is -3.71. The van der Waals surface area contributed by atoms with Crippen LogP contribution in [0.2, 0.25) is 0 Å². The molecule has 2 aromatic carbocycles. The Morgan fingerprint density at radius 1 is 1.17 bits per heavy atom. The van der Waals surface area contributed by atoms with E-state index in [0.29, 0.717) is 16.0 Å². The van der Waals surface area contributed by atoms with Crippen molar-refractivity contribution in [2.45, 2.75) is 31.4 Å². The fourth-order valence-electron chi connectivity index (χ4n) is 2.12. The molecular formula is C17H20BrNO4S. The summed E-state index contributed by atoms with van der Waals surface area (Å²) in [7, 11) is -2.27. The highest BCUT2D eigenvalue weighted by Crippen LogP contribution is 2.27. The van der Waals surface area contributed by atoms with Crippen molar-refractivity contribution in [3.8, 4) is 11.5 Å². The predicted molar refractivity (Wildman–Crippen MR) is 96.9 cm³/mol. The molecule has 0 aromatic heterocycles. The van der Waals surface area contributed by atoms with Gasteiger partial charge in [0.25, 0.3) is 0 Å². The maximum absolute atomic E-state index is 12.6. The summed E-state index contributed by atoms with van der Waals surface area (Å²) in [6, 6.07) is 12.2. The highest BCUT2D eigenvalue weighted by Gasteiger charge is 2.19. The van der Waals surface area contributed by atoms with Crippen molar-refractivity contribution < 1.29 is 17.9 Å². The van der Waals surface area contributed by atoms with Crippen LogP contribution < -0.4 is 14.2 Å². The summed E-state index contributed by atoms with van der Waals surface area (Å²) in [5.74, 6) is 1.00. The molecule has 0 heterocycles. The average Bonchev–Trinajstić information content (AvgIpc) is 2.53. The second-order valence-corrected chi connectivity index (χ2v) is 8.08. The number of ether oxygens (including phenoxy) is 2. The molecule has 0 radical (unpaired) electrons. The van der Waals surface area contributed by atoms with E-state index in [2.05, 4.69) is 20.7 Å². The van der Waals surface area contributed by atoms with Gasteiger partial charge < -0.3 is 9.47 Å². The smallest absolute Gasteiger partial charge is 0.244 e. The standard InChI is InChI=1S/C17H20BrNO4S/c1-12(2)23-15-6-4-5-13(9-15)11-19-24(20,21)17-10-14(18)7-8-16(17)22-3/h4-10,12,19H,11H2,1-3H3. The topological polar surface area (TPSA) is 64.6 Å². The normalized spacial score (nSPS) is 11.5. The van der Waals surface area contributed by atoms with E-state index >= 15 is 0 Å². The van der Waals surface area contributed by atoms with Crippen LogP contribution in [0.25, 0.3) is 0 Å². The number of hydrogen-bond donors (Lipinski definition) is 1. The predicted octanol–water partition coefficient (Wildman–Crippen LogP) is 3.72. The van der Waals surface area contributed by atoms with Crippen LogP contribution in [0.5, 0.6) is 11.5 Å². The molecule has 0 aliphatic carbocycles. The summed E-state index contributed by atoms with van der Waals surface area (Å²) in [6.07, 6.45) is 0.0582. The Labute approximate surface area is 151 Å². The van der Waals surface area contributed by atoms with Crippen molar-refractivity contribution in [2.24, 2.45) is 0 Å². The van der Waals surface area contributed by atoms with E-state index in [9.17, 15) is 8.42 Å². The first-order chi connectivity index (χ1) is 11.3. The molecule has 0 unspecified atom stereocenters. The van der Waals surface area contributed by atoms with Crippen LogP contribution in [0.3, 0.4) is 0 Å². The van der Waals surface area contributed by atoms with Gasteiger partial charge in [-0.05, 0) is 49.7 Å². The number of sulfonamides is 1. The van der Waals surface area contributed by atoms with Crippen LogP contribution in [0.1, 0.15) is 19.4 Å². The van der Waals surface area contributed by atoms with Gasteiger partial charge in [-0.3, -0.25) is 0 Å². The summed E-state index contributed by atoms with van der Waals surface area (Å²) in [5.41, 5.74) is 0.811. The fraction of sp³-hybridized carbons (Fsp3) is 0.294. The molecule has 0 saturated heterocycles. The zero-order valence-corrected chi connectivity index (χ0v) is 16.1. The van der Waals surface area contributed by atoms with Gasteiger partial charge in [-0.1, -0.05) is 28.1 Å². The number of rotatable bonds is 7. The van der Waals surface area contributed by atoms with E-state index in [1.807, 2.05) is 38.1 Å². The zero-order valence-electron chi connectivity index (χ0n) is 13.7. The van der Waals surface area contributed by atoms with E-state index in [1.54, 1.807) is 12.1 Å². The molecule has 5 nitrogen and oxygen atoms in total. The van der Waals surface area contributed by atoms with Crippen molar-refractivity contribution in [3.05, 3.63) is 52.5 Å². The number of nitrogens with one attached hydrogen (secondary N) is 1. The number of methoxy groups -OCH3 is 1. The van der Waals surface area contributed by atoms with Crippen LogP contribution in [0, 0.1) is 0 Å². The van der Waals surface area contributed by atoms with Crippen LogP contribution in [-0.2, 0) is 16.6 Å². The lowest BCUT2D eigenvalue weighted by molar-refractivity contribution is 0.242. The monoisotopic (exact) mass is 413 g/mol. The molecule has 0 aliphatic rings. The van der Waals surface area contributed by atoms with Crippen LogP contribution in [0.4, 0.5) is 0 Å². The lowest BCUT2D eigenvalue weighted by Crippen LogP contribution is -2.23. The Hall–Kier alpha value is -1.57. The van der Waals surface area contributed by atoms with E-state index in [4.69, 9.17) is 9.47 Å². The molecule has 24 heavy (non-hydrogen) atoms. The van der Waals surface area contributed by atoms with Crippen molar-refractivity contribution in [3.63, 3.8) is 0 Å². The van der Waals surface area contributed by atoms with E-state index in [1.165, 1.54) is 13.2 Å². The van der Waals surface area contributed by atoms with Gasteiger partial charge in [-0.25, -0.2) is 13.1 Å². The van der Waals surface area contributed by atoms with E-state index in [-0.39, 0.29) is 17.5 Å². The molecule has 0 saturated carbocycles. The van der Waals surface area contributed by atoms with Gasteiger partial charge in [0, 0.05) is 11.0 Å². The Morgan fingerprint density at radius 3 is 2.58 bits per heavy atom. The minimum Gasteiger partial charge on any atom is -0.495 e. The fourth-order valence-corrected chi connectivity index (χ4v) is 3.84. The molecule has 2 aromatic rings. The maximum Gasteiger partial charge on any atom is 0.244 e. The van der Waals surface area contributed by atoms with Gasteiger partial charge in [0.05, 0.1) is 13.2 Å². The van der Waals surface area contributed by atoms with Crippen LogP contribution in [-0.4, -0.2) is 21.6 Å². The van der Waals surface area contributed by atoms with Gasteiger partial charge in [0.1, 0.15) is 16.4 Å². The number of halogens is 1.